The molecule has 2 saturated heterocycles. The third-order valence-corrected chi connectivity index (χ3v) is 4.92. The Hall–Kier alpha value is -2.93. The van der Waals surface area contributed by atoms with E-state index in [9.17, 15) is 9.59 Å². The quantitative estimate of drug-likeness (QED) is 0.789. The molecule has 0 unspecified atom stereocenters. The fourth-order valence-electron chi connectivity index (χ4n) is 3.76. The first-order valence-corrected chi connectivity index (χ1v) is 8.46. The van der Waals surface area contributed by atoms with Gasteiger partial charge in [-0.25, -0.2) is 9.80 Å². The molecule has 7 nitrogen and oxygen atoms in total. The Bertz CT molecular complexity index is 799. The van der Waals surface area contributed by atoms with Gasteiger partial charge in [0.1, 0.15) is 6.61 Å². The third kappa shape index (κ3) is 2.70. The van der Waals surface area contributed by atoms with E-state index in [2.05, 4.69) is 4.98 Å². The van der Waals surface area contributed by atoms with Gasteiger partial charge >= 0.3 is 12.1 Å². The maximum atomic E-state index is 12.4. The van der Waals surface area contributed by atoms with Crippen LogP contribution < -0.4 is 0 Å². The summed E-state index contributed by atoms with van der Waals surface area (Å²) < 4.78 is 10.4. The second-order valence-corrected chi connectivity index (χ2v) is 6.33. The van der Waals surface area contributed by atoms with Crippen molar-refractivity contribution in [1.29, 1.82) is 0 Å². The molecular weight excluding hydrogens is 334 g/mol. The molecule has 4 rings (SSSR count). The lowest BCUT2D eigenvalue weighted by molar-refractivity contribution is -0.146. The van der Waals surface area contributed by atoms with Crippen molar-refractivity contribution >= 4 is 12.1 Å². The number of pyridine rings is 1. The van der Waals surface area contributed by atoms with Gasteiger partial charge in [-0.05, 0) is 17.2 Å². The molecule has 1 amide bonds. The number of carbonyl (C=O) groups excluding carboxylic acids is 2. The Labute approximate surface area is 151 Å². The summed E-state index contributed by atoms with van der Waals surface area (Å²) in [6.07, 6.45) is 2.96. The molecule has 0 N–H and O–H groups in total. The van der Waals surface area contributed by atoms with Gasteiger partial charge in [-0.15, -0.1) is 0 Å². The van der Waals surface area contributed by atoms with Crippen molar-refractivity contribution < 1.29 is 19.1 Å². The van der Waals surface area contributed by atoms with E-state index in [1.807, 2.05) is 47.5 Å². The maximum Gasteiger partial charge on any atom is 0.424 e. The number of methoxy groups -OCH3 is 1. The number of hydrogen-bond donors (Lipinski definition) is 0. The van der Waals surface area contributed by atoms with Gasteiger partial charge in [-0.1, -0.05) is 36.4 Å². The van der Waals surface area contributed by atoms with E-state index in [4.69, 9.17) is 9.47 Å². The highest BCUT2D eigenvalue weighted by Gasteiger charge is 2.53. The summed E-state index contributed by atoms with van der Waals surface area (Å²) in [5.41, 5.74) is 1.88. The molecule has 1 aromatic heterocycles. The van der Waals surface area contributed by atoms with Crippen LogP contribution in [-0.2, 0) is 14.3 Å². The molecule has 7 heteroatoms. The monoisotopic (exact) mass is 353 g/mol. The molecule has 2 aromatic rings. The zero-order valence-electron chi connectivity index (χ0n) is 14.3. The van der Waals surface area contributed by atoms with Crippen LogP contribution in [0.1, 0.15) is 23.2 Å². The number of hydrazine groups is 1. The van der Waals surface area contributed by atoms with Crippen molar-refractivity contribution in [3.8, 4) is 0 Å². The molecule has 3 atom stereocenters. The van der Waals surface area contributed by atoms with Gasteiger partial charge in [-0.2, -0.15) is 5.01 Å². The lowest BCUT2D eigenvalue weighted by Crippen LogP contribution is -2.50. The number of benzene rings is 1. The summed E-state index contributed by atoms with van der Waals surface area (Å²) in [7, 11) is 1.36. The first-order valence-electron chi connectivity index (χ1n) is 8.46. The van der Waals surface area contributed by atoms with Crippen molar-refractivity contribution in [2.24, 2.45) is 5.92 Å². The molecule has 134 valence electrons. The van der Waals surface area contributed by atoms with Crippen LogP contribution in [0.25, 0.3) is 0 Å². The van der Waals surface area contributed by atoms with Gasteiger partial charge in [-0.3, -0.25) is 9.78 Å². The maximum absolute atomic E-state index is 12.4. The Morgan fingerprint density at radius 3 is 2.65 bits per heavy atom. The molecule has 2 fully saturated rings. The fraction of sp³-hybridized carbons (Fsp3) is 0.316. The molecule has 0 saturated carbocycles. The lowest BCUT2D eigenvalue weighted by atomic mass is 9.93. The number of aromatic nitrogens is 1. The molecule has 0 radical (unpaired) electrons. The SMILES string of the molecule is COC(=O)[C@@H]1CN2C(=O)OC[C@@H](c3ccccc3)N2[C@H]1c1cccnc1. The Morgan fingerprint density at radius 1 is 1.19 bits per heavy atom. The van der Waals surface area contributed by atoms with Gasteiger partial charge in [0.05, 0.1) is 31.7 Å². The smallest absolute Gasteiger partial charge is 0.424 e. The van der Waals surface area contributed by atoms with Gasteiger partial charge in [0.2, 0.25) is 0 Å². The number of esters is 1. The topological polar surface area (TPSA) is 72.0 Å². The van der Waals surface area contributed by atoms with Gasteiger partial charge < -0.3 is 9.47 Å². The van der Waals surface area contributed by atoms with E-state index in [1.54, 1.807) is 12.4 Å². The average Bonchev–Trinajstić information content (AvgIpc) is 3.10. The minimum Gasteiger partial charge on any atom is -0.469 e. The Morgan fingerprint density at radius 2 is 1.96 bits per heavy atom. The first kappa shape index (κ1) is 16.5. The van der Waals surface area contributed by atoms with E-state index >= 15 is 0 Å². The minimum atomic E-state index is -0.513. The van der Waals surface area contributed by atoms with Gasteiger partial charge in [0.25, 0.3) is 0 Å². The zero-order valence-corrected chi connectivity index (χ0v) is 14.3. The molecule has 0 aliphatic carbocycles. The van der Waals surface area contributed by atoms with Crippen LogP contribution in [0.2, 0.25) is 0 Å². The summed E-state index contributed by atoms with van der Waals surface area (Å²) in [5.74, 6) is -0.867. The predicted octanol–water partition coefficient (Wildman–Crippen LogP) is 2.34. The summed E-state index contributed by atoms with van der Waals surface area (Å²) >= 11 is 0. The van der Waals surface area contributed by atoms with Gasteiger partial charge in [0, 0.05) is 12.4 Å². The van der Waals surface area contributed by atoms with Crippen LogP contribution in [0.3, 0.4) is 0 Å². The van der Waals surface area contributed by atoms with Crippen molar-refractivity contribution in [3.63, 3.8) is 0 Å². The van der Waals surface area contributed by atoms with Crippen molar-refractivity contribution in [1.82, 2.24) is 15.0 Å². The largest absolute Gasteiger partial charge is 0.469 e. The standard InChI is InChI=1S/C19H19N3O4/c1-25-18(23)15-11-21-19(24)26-12-16(13-6-3-2-4-7-13)22(21)17(15)14-8-5-9-20-10-14/h2-10,15-17H,11-12H2,1H3/t15-,16+,17+/m1/s1. The Balaban J connectivity index is 1.80. The van der Waals surface area contributed by atoms with Crippen LogP contribution in [0.15, 0.2) is 54.9 Å². The fourth-order valence-corrected chi connectivity index (χ4v) is 3.76. The van der Waals surface area contributed by atoms with E-state index in [0.29, 0.717) is 0 Å². The molecule has 1 aromatic carbocycles. The minimum absolute atomic E-state index is 0.186. The second-order valence-electron chi connectivity index (χ2n) is 6.33. The number of carbonyl (C=O) groups is 2. The molecule has 2 aliphatic rings. The van der Waals surface area contributed by atoms with Crippen LogP contribution in [0.4, 0.5) is 4.79 Å². The lowest BCUT2D eigenvalue weighted by Gasteiger charge is -2.41. The highest BCUT2D eigenvalue weighted by Crippen LogP contribution is 2.45. The summed E-state index contributed by atoms with van der Waals surface area (Å²) in [4.78, 5) is 29.0. The number of rotatable bonds is 3. The van der Waals surface area contributed by atoms with Crippen molar-refractivity contribution in [2.75, 3.05) is 20.3 Å². The molecule has 3 heterocycles. The van der Waals surface area contributed by atoms with Crippen LogP contribution in [0.5, 0.6) is 0 Å². The number of amides is 1. The van der Waals surface area contributed by atoms with Crippen LogP contribution in [-0.4, -0.2) is 47.3 Å². The second kappa shape index (κ2) is 6.76. The Kier molecular flexibility index (Phi) is 4.30. The number of nitrogens with zero attached hydrogens (tertiary/aromatic N) is 3. The highest BCUT2D eigenvalue weighted by molar-refractivity contribution is 5.77. The molecule has 26 heavy (non-hydrogen) atoms. The van der Waals surface area contributed by atoms with Crippen LogP contribution >= 0.6 is 0 Å². The van der Waals surface area contributed by atoms with E-state index in [-0.39, 0.29) is 31.2 Å². The summed E-state index contributed by atoms with van der Waals surface area (Å²) in [5, 5.41) is 3.46. The van der Waals surface area contributed by atoms with E-state index < -0.39 is 12.0 Å². The summed E-state index contributed by atoms with van der Waals surface area (Å²) in [6.45, 7) is 0.443. The molecule has 0 spiro atoms. The predicted molar refractivity (Wildman–Crippen MR) is 91.6 cm³/mol. The number of cyclic esters (lactones) is 1. The molecule has 2 aliphatic heterocycles. The molecule has 0 bridgehead atoms. The number of hydrogen-bond acceptors (Lipinski definition) is 6. The van der Waals surface area contributed by atoms with Gasteiger partial charge in [0.15, 0.2) is 0 Å². The highest BCUT2D eigenvalue weighted by atomic mass is 16.6. The van der Waals surface area contributed by atoms with Crippen molar-refractivity contribution in [3.05, 3.63) is 66.0 Å². The third-order valence-electron chi connectivity index (χ3n) is 4.92. The normalized spacial score (nSPS) is 25.5. The molecular formula is C19H19N3O4. The van der Waals surface area contributed by atoms with Crippen LogP contribution in [0, 0.1) is 5.92 Å². The summed E-state index contributed by atoms with van der Waals surface area (Å²) in [6, 6.07) is 13.0. The van der Waals surface area contributed by atoms with Crippen molar-refractivity contribution in [2.45, 2.75) is 12.1 Å². The first-order chi connectivity index (χ1) is 12.7. The average molecular weight is 353 g/mol. The van der Waals surface area contributed by atoms with E-state index in [0.717, 1.165) is 11.1 Å². The zero-order chi connectivity index (χ0) is 18.1. The number of fused-ring (bicyclic) bond motifs is 1. The van der Waals surface area contributed by atoms with E-state index in [1.165, 1.54) is 12.1 Å². The number of ether oxygens (including phenoxy) is 2.